The summed E-state index contributed by atoms with van der Waals surface area (Å²) in [5.74, 6) is -0.287. The Kier molecular flexibility index (Phi) is 5.51. The molecule has 1 heterocycles. The van der Waals surface area contributed by atoms with Crippen molar-refractivity contribution in [2.75, 3.05) is 25.1 Å². The molecule has 1 aliphatic carbocycles. The van der Waals surface area contributed by atoms with Crippen molar-refractivity contribution in [2.24, 2.45) is 5.73 Å². The average molecular weight is 338 g/mol. The average Bonchev–Trinajstić information content (AvgIpc) is 2.62. The summed E-state index contributed by atoms with van der Waals surface area (Å²) >= 11 is 5.99. The zero-order valence-electron chi connectivity index (χ0n) is 12.3. The molecule has 21 heavy (non-hydrogen) atoms. The Morgan fingerprint density at radius 2 is 1.90 bits per heavy atom. The van der Waals surface area contributed by atoms with Crippen LogP contribution in [-0.4, -0.2) is 67.8 Å². The van der Waals surface area contributed by atoms with Crippen molar-refractivity contribution < 1.29 is 13.2 Å². The van der Waals surface area contributed by atoms with Crippen LogP contribution in [0.3, 0.4) is 0 Å². The van der Waals surface area contributed by atoms with Gasteiger partial charge in [-0.2, -0.15) is 0 Å². The van der Waals surface area contributed by atoms with Crippen molar-refractivity contribution in [1.29, 1.82) is 0 Å². The largest absolute Gasteiger partial charge is 0.350 e. The summed E-state index contributed by atoms with van der Waals surface area (Å²) in [6.45, 7) is 0.264. The molecule has 2 atom stereocenters. The standard InChI is InChI=1S/C13H24ClN3O3S/c1-17(10-4-2-9(15)3-5-10)6-13(18)16-12-8-21(19,20)7-11(12)14/h9-12H,2-8,15H2,1H3,(H,16,18). The van der Waals surface area contributed by atoms with Gasteiger partial charge in [-0.1, -0.05) is 0 Å². The molecule has 0 aromatic heterocycles. The first-order valence-corrected chi connectivity index (χ1v) is 9.62. The molecule has 122 valence electrons. The van der Waals surface area contributed by atoms with Gasteiger partial charge in [0.25, 0.3) is 0 Å². The lowest BCUT2D eigenvalue weighted by Gasteiger charge is -2.33. The third kappa shape index (κ3) is 4.81. The van der Waals surface area contributed by atoms with E-state index in [0.29, 0.717) is 6.04 Å². The van der Waals surface area contributed by atoms with E-state index in [1.165, 1.54) is 0 Å². The van der Waals surface area contributed by atoms with Crippen LogP contribution in [-0.2, 0) is 14.6 Å². The lowest BCUT2D eigenvalue weighted by Crippen LogP contribution is -2.48. The maximum Gasteiger partial charge on any atom is 0.234 e. The first-order chi connectivity index (χ1) is 9.77. The predicted molar refractivity (Wildman–Crippen MR) is 83.1 cm³/mol. The van der Waals surface area contributed by atoms with Crippen molar-refractivity contribution in [3.05, 3.63) is 0 Å². The zero-order chi connectivity index (χ0) is 15.6. The molecule has 0 spiro atoms. The number of nitrogens with one attached hydrogen (secondary N) is 1. The highest BCUT2D eigenvalue weighted by Crippen LogP contribution is 2.21. The number of carbonyl (C=O) groups excluding carboxylic acids is 1. The van der Waals surface area contributed by atoms with Gasteiger partial charge in [0.15, 0.2) is 9.84 Å². The van der Waals surface area contributed by atoms with Crippen LogP contribution in [0.25, 0.3) is 0 Å². The van der Waals surface area contributed by atoms with Crippen molar-refractivity contribution >= 4 is 27.3 Å². The number of hydrogen-bond donors (Lipinski definition) is 2. The van der Waals surface area contributed by atoms with E-state index in [2.05, 4.69) is 5.32 Å². The molecule has 0 aromatic rings. The summed E-state index contributed by atoms with van der Waals surface area (Å²) in [4.78, 5) is 14.1. The number of likely N-dealkylation sites (N-methyl/N-ethyl adjacent to an activating group) is 1. The Morgan fingerprint density at radius 1 is 1.29 bits per heavy atom. The fourth-order valence-electron chi connectivity index (χ4n) is 3.09. The van der Waals surface area contributed by atoms with Crippen LogP contribution < -0.4 is 11.1 Å². The number of halogens is 1. The number of hydrogen-bond acceptors (Lipinski definition) is 5. The summed E-state index contributed by atoms with van der Waals surface area (Å²) in [6, 6.07) is 0.177. The molecule has 3 N–H and O–H groups in total. The van der Waals surface area contributed by atoms with Gasteiger partial charge in [-0.25, -0.2) is 8.42 Å². The Hall–Kier alpha value is -0.370. The molecular formula is C13H24ClN3O3S. The van der Waals surface area contributed by atoms with Crippen LogP contribution in [0.4, 0.5) is 0 Å². The Morgan fingerprint density at radius 3 is 2.43 bits per heavy atom. The highest BCUT2D eigenvalue weighted by atomic mass is 35.5. The number of sulfone groups is 1. The molecule has 2 aliphatic rings. The normalized spacial score (nSPS) is 35.8. The molecule has 1 aliphatic heterocycles. The molecule has 0 radical (unpaired) electrons. The van der Waals surface area contributed by atoms with Crippen LogP contribution in [0.15, 0.2) is 0 Å². The number of nitrogens with two attached hydrogens (primary N) is 1. The summed E-state index contributed by atoms with van der Waals surface area (Å²) in [7, 11) is -1.20. The second-order valence-electron chi connectivity index (χ2n) is 6.25. The minimum Gasteiger partial charge on any atom is -0.350 e. The second kappa shape index (κ2) is 6.81. The minimum atomic E-state index is -3.12. The Balaban J connectivity index is 1.79. The summed E-state index contributed by atoms with van der Waals surface area (Å²) in [5, 5.41) is 2.22. The van der Waals surface area contributed by atoms with Gasteiger partial charge in [-0.05, 0) is 32.7 Å². The maximum absolute atomic E-state index is 12.0. The lowest BCUT2D eigenvalue weighted by molar-refractivity contribution is -0.123. The van der Waals surface area contributed by atoms with Crippen molar-refractivity contribution in [3.8, 4) is 0 Å². The molecule has 0 bridgehead atoms. The number of alkyl halides is 1. The highest BCUT2D eigenvalue weighted by molar-refractivity contribution is 7.91. The first-order valence-electron chi connectivity index (χ1n) is 7.36. The molecule has 8 heteroatoms. The van der Waals surface area contributed by atoms with Gasteiger partial charge in [-0.3, -0.25) is 9.69 Å². The highest BCUT2D eigenvalue weighted by Gasteiger charge is 2.37. The van der Waals surface area contributed by atoms with E-state index in [4.69, 9.17) is 17.3 Å². The molecule has 2 fully saturated rings. The first kappa shape index (κ1) is 17.0. The number of carbonyl (C=O) groups is 1. The van der Waals surface area contributed by atoms with E-state index in [0.717, 1.165) is 25.7 Å². The molecule has 2 rings (SSSR count). The second-order valence-corrected chi connectivity index (χ2v) is 8.97. The van der Waals surface area contributed by atoms with Crippen LogP contribution in [0, 0.1) is 0 Å². The molecule has 6 nitrogen and oxygen atoms in total. The van der Waals surface area contributed by atoms with Gasteiger partial charge in [0.2, 0.25) is 5.91 Å². The van der Waals surface area contributed by atoms with Gasteiger partial charge < -0.3 is 11.1 Å². The fraction of sp³-hybridized carbons (Fsp3) is 0.923. The van der Waals surface area contributed by atoms with E-state index in [-0.39, 0.29) is 30.0 Å². The van der Waals surface area contributed by atoms with Crippen LogP contribution >= 0.6 is 11.6 Å². The van der Waals surface area contributed by atoms with Gasteiger partial charge in [0, 0.05) is 12.1 Å². The number of rotatable bonds is 4. The number of amides is 1. The van der Waals surface area contributed by atoms with Crippen LogP contribution in [0.5, 0.6) is 0 Å². The molecule has 0 aromatic carbocycles. The van der Waals surface area contributed by atoms with Gasteiger partial charge in [0.1, 0.15) is 0 Å². The fourth-order valence-corrected chi connectivity index (χ4v) is 5.64. The molecule has 1 saturated carbocycles. The third-order valence-electron chi connectivity index (χ3n) is 4.39. The van der Waals surface area contributed by atoms with E-state index in [1.54, 1.807) is 0 Å². The molecule has 1 amide bonds. The quantitative estimate of drug-likeness (QED) is 0.688. The number of nitrogens with zero attached hydrogens (tertiary/aromatic N) is 1. The van der Waals surface area contributed by atoms with E-state index in [9.17, 15) is 13.2 Å². The summed E-state index contributed by atoms with van der Waals surface area (Å²) in [6.07, 6.45) is 3.98. The zero-order valence-corrected chi connectivity index (χ0v) is 13.9. The van der Waals surface area contributed by atoms with Crippen molar-refractivity contribution in [2.45, 2.75) is 49.2 Å². The van der Waals surface area contributed by atoms with E-state index < -0.39 is 21.3 Å². The Labute approximate surface area is 131 Å². The topological polar surface area (TPSA) is 92.5 Å². The van der Waals surface area contributed by atoms with Gasteiger partial charge >= 0.3 is 0 Å². The lowest BCUT2D eigenvalue weighted by atomic mass is 9.91. The smallest absolute Gasteiger partial charge is 0.234 e. The summed E-state index contributed by atoms with van der Waals surface area (Å²) < 4.78 is 23.0. The molecule has 1 saturated heterocycles. The maximum atomic E-state index is 12.0. The monoisotopic (exact) mass is 337 g/mol. The van der Waals surface area contributed by atoms with Crippen molar-refractivity contribution in [3.63, 3.8) is 0 Å². The SMILES string of the molecule is CN(CC(=O)NC1CS(=O)(=O)CC1Cl)C1CCC(N)CC1. The Bertz CT molecular complexity index is 477. The van der Waals surface area contributed by atoms with Gasteiger partial charge in [0.05, 0.1) is 29.5 Å². The predicted octanol–water partition coefficient (Wildman–Crippen LogP) is -0.291. The van der Waals surface area contributed by atoms with E-state index in [1.807, 2.05) is 11.9 Å². The molecular weight excluding hydrogens is 314 g/mol. The van der Waals surface area contributed by atoms with Crippen molar-refractivity contribution in [1.82, 2.24) is 10.2 Å². The van der Waals surface area contributed by atoms with Gasteiger partial charge in [-0.15, -0.1) is 11.6 Å². The van der Waals surface area contributed by atoms with Crippen LogP contribution in [0.1, 0.15) is 25.7 Å². The summed E-state index contributed by atoms with van der Waals surface area (Å²) in [5.41, 5.74) is 5.88. The third-order valence-corrected chi connectivity index (χ3v) is 6.76. The minimum absolute atomic E-state index is 0.0597. The molecule has 2 unspecified atom stereocenters. The van der Waals surface area contributed by atoms with E-state index >= 15 is 0 Å². The van der Waals surface area contributed by atoms with Crippen LogP contribution in [0.2, 0.25) is 0 Å².